The van der Waals surface area contributed by atoms with Gasteiger partial charge in [0, 0.05) is 11.1 Å². The van der Waals surface area contributed by atoms with E-state index in [0.717, 1.165) is 81.2 Å². The number of ether oxygens (including phenoxy) is 1. The number of unbranched alkanes of at least 4 members (excludes halogenated alkanes) is 1. The van der Waals surface area contributed by atoms with Crippen molar-refractivity contribution in [3.8, 4) is 28.0 Å². The summed E-state index contributed by atoms with van der Waals surface area (Å²) in [4.78, 5) is 0. The van der Waals surface area contributed by atoms with Gasteiger partial charge in [-0.2, -0.15) is 43.5 Å². The first-order chi connectivity index (χ1) is 33.3. The van der Waals surface area contributed by atoms with Gasteiger partial charge in [0.25, 0.3) is 0 Å². The molecule has 0 aromatic heterocycles. The van der Waals surface area contributed by atoms with E-state index in [1.165, 1.54) is 94.5 Å². The zero-order chi connectivity index (χ0) is 50.6. The van der Waals surface area contributed by atoms with Gasteiger partial charge in [0.1, 0.15) is 5.30 Å². The van der Waals surface area contributed by atoms with Crippen LogP contribution in [0, 0.1) is 64.8 Å². The van der Waals surface area contributed by atoms with Crippen LogP contribution >= 0.6 is 21.4 Å². The molecule has 0 amide bonds. The molecule has 8 aliphatic rings. The molecule has 11 heteroatoms. The van der Waals surface area contributed by atoms with E-state index >= 15 is 17.6 Å². The van der Waals surface area contributed by atoms with Crippen molar-refractivity contribution in [3.05, 3.63) is 106 Å². The van der Waals surface area contributed by atoms with Crippen LogP contribution in [0.4, 0.5) is 30.7 Å². The summed E-state index contributed by atoms with van der Waals surface area (Å²) in [7, 11) is 0.493. The van der Waals surface area contributed by atoms with Crippen LogP contribution in [0.5, 0.6) is 5.75 Å². The van der Waals surface area contributed by atoms with Crippen LogP contribution in [-0.2, 0) is 29.8 Å². The van der Waals surface area contributed by atoms with Gasteiger partial charge < -0.3 is 4.74 Å². The number of rotatable bonds is 12. The summed E-state index contributed by atoms with van der Waals surface area (Å²) < 4.78 is 108. The maximum absolute atomic E-state index is 16.9. The monoisotopic (exact) mass is 1150 g/mol. The molecule has 12 rings (SSSR count). The third-order valence-electron chi connectivity index (χ3n) is 17.6. The Bertz CT molecular complexity index is 2360. The van der Waals surface area contributed by atoms with E-state index < -0.39 is 54.1 Å². The van der Waals surface area contributed by atoms with Crippen molar-refractivity contribution >= 4 is 26.7 Å². The molecule has 4 aromatic carbocycles. The predicted molar refractivity (Wildman–Crippen MR) is 274 cm³/mol. The van der Waals surface area contributed by atoms with Gasteiger partial charge in [0.05, 0.1) is 30.9 Å². The van der Waals surface area contributed by atoms with Gasteiger partial charge in [0.15, 0.2) is 29.0 Å². The van der Waals surface area contributed by atoms with E-state index in [-0.39, 0.29) is 34.5 Å². The number of alkyl halides is 3. The van der Waals surface area contributed by atoms with Gasteiger partial charge in [-0.1, -0.05) is 78.6 Å². The number of hydrogen-bond acceptors (Lipinski definition) is 1. The zero-order valence-electron chi connectivity index (χ0n) is 42.2. The Morgan fingerprint density at radius 1 is 0.657 bits per heavy atom. The van der Waals surface area contributed by atoms with E-state index in [1.807, 2.05) is 27.9 Å². The molecular weight excluding hydrogens is 1070 g/mol. The molecule has 8 fully saturated rings. The number of benzene rings is 4. The minimum atomic E-state index is -4.23. The van der Waals surface area contributed by atoms with E-state index in [1.54, 1.807) is 0 Å². The maximum atomic E-state index is 16.9. The summed E-state index contributed by atoms with van der Waals surface area (Å²) in [5.41, 5.74) is 3.55. The van der Waals surface area contributed by atoms with E-state index in [0.29, 0.717) is 18.4 Å². The van der Waals surface area contributed by atoms with Crippen LogP contribution in [0.25, 0.3) is 22.3 Å². The van der Waals surface area contributed by atoms with Gasteiger partial charge in [-0.15, -0.1) is 0 Å². The van der Waals surface area contributed by atoms with Crippen LogP contribution in [-0.4, -0.2) is 17.4 Å². The topological polar surface area (TPSA) is 9.23 Å². The van der Waals surface area contributed by atoms with E-state index in [4.69, 9.17) is 4.74 Å². The molecule has 0 unspecified atom stereocenters. The third kappa shape index (κ3) is 10.0. The van der Waals surface area contributed by atoms with Gasteiger partial charge in [-0.3, -0.25) is 0 Å². The van der Waals surface area contributed by atoms with E-state index in [9.17, 15) is 13.2 Å². The number of methoxy groups -OCH3 is 1. The Hall–Kier alpha value is -2.24. The van der Waals surface area contributed by atoms with Gasteiger partial charge in [-0.05, 0) is 177 Å². The second-order valence-electron chi connectivity index (χ2n) is 23.3. The van der Waals surface area contributed by atoms with Crippen molar-refractivity contribution in [1.29, 1.82) is 0 Å². The average Bonchev–Trinajstić information content (AvgIpc) is 3.30. The molecule has 0 heterocycles. The van der Waals surface area contributed by atoms with Gasteiger partial charge in [0.2, 0.25) is 0 Å². The Balaban J connectivity index is 0.000000486. The molecular formula is C59H72BrF7OPPd+. The summed E-state index contributed by atoms with van der Waals surface area (Å²) in [6, 6.07) is 15.7. The fourth-order valence-electron chi connectivity index (χ4n) is 16.0. The molecule has 0 saturated heterocycles. The summed E-state index contributed by atoms with van der Waals surface area (Å²) in [6.07, 6.45) is 13.2. The second kappa shape index (κ2) is 21.5. The average molecular weight is 1150 g/mol. The first kappa shape index (κ1) is 54.0. The molecule has 0 aliphatic heterocycles. The van der Waals surface area contributed by atoms with Crippen molar-refractivity contribution in [2.24, 2.45) is 35.5 Å². The van der Waals surface area contributed by atoms with Gasteiger partial charge in [-0.25, -0.2) is 17.6 Å². The Labute approximate surface area is 432 Å². The van der Waals surface area contributed by atoms with Gasteiger partial charge >= 0.3 is 36.8 Å². The SMILES string of the molecule is CCCCc1c(F)c(F)c(-c2c(C(C)C)cc(C(C)C)c(-c3cccc(OC)c3[PH+](C34CC5CC(CC(C5)C3)C4)C34CC5CC(CC(C5)C3)C4)c2C(C)C)c(F)c1F.FC(F)(F)c1cc[c-]cc1.[Br][Pd+]. The van der Waals surface area contributed by atoms with Crippen molar-refractivity contribution in [3.63, 3.8) is 0 Å². The molecule has 0 spiro atoms. The van der Waals surface area contributed by atoms with Crippen LogP contribution in [0.15, 0.2) is 48.5 Å². The first-order valence-corrected chi connectivity index (χ1v) is 31.1. The van der Waals surface area contributed by atoms with Crippen molar-refractivity contribution in [2.45, 2.75) is 179 Å². The molecule has 70 heavy (non-hydrogen) atoms. The zero-order valence-corrected chi connectivity index (χ0v) is 46.3. The fraction of sp³-hybridized carbons (Fsp3) is 0.593. The quantitative estimate of drug-likeness (QED) is 0.0452. The van der Waals surface area contributed by atoms with Crippen molar-refractivity contribution in [2.75, 3.05) is 7.11 Å². The summed E-state index contributed by atoms with van der Waals surface area (Å²) in [5.74, 6) is 0.540. The molecule has 8 bridgehead atoms. The molecule has 8 aliphatic carbocycles. The molecule has 0 atom stereocenters. The van der Waals surface area contributed by atoms with E-state index in [2.05, 4.69) is 88.6 Å². The standard InChI is InChI=1S/C52H67F4OP.C7H4F3.BrH.Pd/c1-9-10-12-38-46(53)48(55)45(49(56)47(38)54)44-40(29(4)5)21-39(28(2)3)43(42(44)30(6)7)37-13-11-14-41(57-8)50(37)58(51-22-31-15-32(23-51)17-33(16-31)24-51)52-25-34-18-35(26-52)20-36(19-34)27-52;8-7(9,10)6-4-2-1-3-5-6;;/h11,13-14,21,28-36H,9-10,12,15-20,22-27H2,1-8H3;2-5H;1H;/q;-1;;+2. The predicted octanol–water partition coefficient (Wildman–Crippen LogP) is 18.4. The molecule has 0 N–H and O–H groups in total. The third-order valence-corrected chi connectivity index (χ3v) is 21.9. The summed E-state index contributed by atoms with van der Waals surface area (Å²) >= 11 is 5.35. The Morgan fingerprint density at radius 2 is 1.10 bits per heavy atom. The van der Waals surface area contributed by atoms with Crippen molar-refractivity contribution in [1.82, 2.24) is 0 Å². The number of halogens is 8. The first-order valence-electron chi connectivity index (χ1n) is 26.1. The molecule has 8 saturated carbocycles. The second-order valence-corrected chi connectivity index (χ2v) is 26.7. The molecule has 384 valence electrons. The minimum absolute atomic E-state index is 0.0412. The van der Waals surface area contributed by atoms with Crippen LogP contribution in [0.1, 0.15) is 184 Å². The Morgan fingerprint density at radius 3 is 1.47 bits per heavy atom. The molecule has 0 radical (unpaired) electrons. The summed E-state index contributed by atoms with van der Waals surface area (Å²) in [5, 5.41) is 1.98. The molecule has 1 nitrogen and oxygen atoms in total. The molecule has 4 aromatic rings. The van der Waals surface area contributed by atoms with Crippen LogP contribution in [0.2, 0.25) is 0 Å². The normalized spacial score (nSPS) is 27.7. The number of hydrogen-bond donors (Lipinski definition) is 0. The van der Waals surface area contributed by atoms with Crippen LogP contribution < -0.4 is 10.0 Å². The van der Waals surface area contributed by atoms with Crippen molar-refractivity contribution < 1.29 is 52.7 Å². The summed E-state index contributed by atoms with van der Waals surface area (Å²) in [6.45, 7) is 14.6. The fourth-order valence-corrected chi connectivity index (χ4v) is 22.0. The van der Waals surface area contributed by atoms with Crippen LogP contribution in [0.3, 0.4) is 0 Å². The Kier molecular flexibility index (Phi) is 16.6.